The van der Waals surface area contributed by atoms with E-state index in [-0.39, 0.29) is 24.4 Å². The third-order valence-corrected chi connectivity index (χ3v) is 5.63. The van der Waals surface area contributed by atoms with Crippen molar-refractivity contribution in [3.8, 4) is 0 Å². The van der Waals surface area contributed by atoms with E-state index in [1.54, 1.807) is 18.0 Å². The number of aryl methyl sites for hydroxylation is 1. The van der Waals surface area contributed by atoms with Gasteiger partial charge in [-0.15, -0.1) is 0 Å². The highest BCUT2D eigenvalue weighted by Gasteiger charge is 2.42. The maximum atomic E-state index is 13.0. The number of nitrogens with one attached hydrogen (secondary N) is 1. The summed E-state index contributed by atoms with van der Waals surface area (Å²) >= 11 is 0. The fourth-order valence-electron chi connectivity index (χ4n) is 4.01. The quantitative estimate of drug-likeness (QED) is 0.896. The molecule has 1 saturated carbocycles. The highest BCUT2D eigenvalue weighted by Crippen LogP contribution is 2.23. The molecule has 0 aromatic carbocycles. The molecule has 27 heavy (non-hydrogen) atoms. The summed E-state index contributed by atoms with van der Waals surface area (Å²) in [7, 11) is 0. The Morgan fingerprint density at radius 1 is 1.33 bits per heavy atom. The van der Waals surface area contributed by atoms with E-state index in [1.807, 2.05) is 29.7 Å². The van der Waals surface area contributed by atoms with Crippen molar-refractivity contribution in [1.29, 1.82) is 0 Å². The van der Waals surface area contributed by atoms with Gasteiger partial charge in [-0.2, -0.15) is 0 Å². The normalized spacial score (nSPS) is 23.7. The summed E-state index contributed by atoms with van der Waals surface area (Å²) in [4.78, 5) is 31.9. The SMILES string of the molecule is Cc1cccn2cc(C(=O)N3CCO[C@@](C)(C(=O)NC4CCCC4)C3)nc12. The van der Waals surface area contributed by atoms with Gasteiger partial charge in [0.15, 0.2) is 5.60 Å². The zero-order valence-corrected chi connectivity index (χ0v) is 15.9. The summed E-state index contributed by atoms with van der Waals surface area (Å²) in [5.41, 5.74) is 1.16. The Morgan fingerprint density at radius 2 is 2.11 bits per heavy atom. The van der Waals surface area contributed by atoms with E-state index in [0.717, 1.165) is 36.9 Å². The van der Waals surface area contributed by atoms with Gasteiger partial charge in [-0.1, -0.05) is 18.9 Å². The Kier molecular flexibility index (Phi) is 4.63. The molecule has 7 heteroatoms. The van der Waals surface area contributed by atoms with Crippen molar-refractivity contribution in [3.63, 3.8) is 0 Å². The lowest BCUT2D eigenvalue weighted by molar-refractivity contribution is -0.154. The molecule has 144 valence electrons. The molecule has 3 heterocycles. The topological polar surface area (TPSA) is 75.9 Å². The molecule has 2 aromatic heterocycles. The second kappa shape index (κ2) is 6.96. The van der Waals surface area contributed by atoms with Crippen LogP contribution in [0.5, 0.6) is 0 Å². The fourth-order valence-corrected chi connectivity index (χ4v) is 4.01. The van der Waals surface area contributed by atoms with Crippen molar-refractivity contribution in [2.75, 3.05) is 19.7 Å². The number of fused-ring (bicyclic) bond motifs is 1. The van der Waals surface area contributed by atoms with Gasteiger partial charge in [-0.05, 0) is 38.3 Å². The number of amides is 2. The maximum Gasteiger partial charge on any atom is 0.274 e. The number of nitrogens with zero attached hydrogens (tertiary/aromatic N) is 3. The number of rotatable bonds is 3. The zero-order valence-electron chi connectivity index (χ0n) is 15.9. The second-order valence-electron chi connectivity index (χ2n) is 7.81. The number of morpholine rings is 1. The Labute approximate surface area is 158 Å². The third-order valence-electron chi connectivity index (χ3n) is 5.63. The molecule has 2 fully saturated rings. The lowest BCUT2D eigenvalue weighted by atomic mass is 10.0. The van der Waals surface area contributed by atoms with E-state index in [0.29, 0.717) is 18.8 Å². The Bertz CT molecular complexity index is 871. The highest BCUT2D eigenvalue weighted by atomic mass is 16.5. The van der Waals surface area contributed by atoms with Gasteiger partial charge in [0.2, 0.25) is 0 Å². The molecule has 2 amide bonds. The Morgan fingerprint density at radius 3 is 2.85 bits per heavy atom. The predicted octanol–water partition coefficient (Wildman–Crippen LogP) is 1.93. The van der Waals surface area contributed by atoms with E-state index in [4.69, 9.17) is 4.74 Å². The first kappa shape index (κ1) is 18.0. The Balaban J connectivity index is 1.50. The van der Waals surface area contributed by atoms with Crippen molar-refractivity contribution >= 4 is 17.5 Å². The van der Waals surface area contributed by atoms with Gasteiger partial charge in [0.1, 0.15) is 11.3 Å². The van der Waals surface area contributed by atoms with Crippen molar-refractivity contribution < 1.29 is 14.3 Å². The molecular formula is C20H26N4O3. The molecule has 1 saturated heterocycles. The fraction of sp³-hybridized carbons (Fsp3) is 0.550. The van der Waals surface area contributed by atoms with Crippen molar-refractivity contribution in [1.82, 2.24) is 19.6 Å². The van der Waals surface area contributed by atoms with Crippen LogP contribution in [-0.4, -0.2) is 57.4 Å². The molecule has 1 aliphatic carbocycles. The molecule has 4 rings (SSSR count). The van der Waals surface area contributed by atoms with Crippen LogP contribution in [0.1, 0.15) is 48.7 Å². The molecule has 1 N–H and O–H groups in total. The zero-order chi connectivity index (χ0) is 19.0. The van der Waals surface area contributed by atoms with Crippen molar-refractivity contribution in [2.24, 2.45) is 0 Å². The van der Waals surface area contributed by atoms with Gasteiger partial charge in [0.25, 0.3) is 11.8 Å². The minimum atomic E-state index is -1.02. The number of aromatic nitrogens is 2. The van der Waals surface area contributed by atoms with E-state index in [2.05, 4.69) is 10.3 Å². The van der Waals surface area contributed by atoms with Crippen LogP contribution in [0.4, 0.5) is 0 Å². The summed E-state index contributed by atoms with van der Waals surface area (Å²) in [6, 6.07) is 4.12. The number of pyridine rings is 1. The minimum Gasteiger partial charge on any atom is -0.362 e. The number of hydrogen-bond acceptors (Lipinski definition) is 4. The molecule has 0 bridgehead atoms. The van der Waals surface area contributed by atoms with Gasteiger partial charge in [0.05, 0.1) is 13.2 Å². The first-order valence-corrected chi connectivity index (χ1v) is 9.65. The molecule has 2 aliphatic rings. The molecule has 0 unspecified atom stereocenters. The maximum absolute atomic E-state index is 13.0. The van der Waals surface area contributed by atoms with Crippen LogP contribution in [0.15, 0.2) is 24.5 Å². The van der Waals surface area contributed by atoms with Crippen LogP contribution in [0.3, 0.4) is 0 Å². The van der Waals surface area contributed by atoms with Crippen LogP contribution in [0, 0.1) is 6.92 Å². The summed E-state index contributed by atoms with van der Waals surface area (Å²) in [6.07, 6.45) is 7.97. The minimum absolute atomic E-state index is 0.127. The molecule has 1 atom stereocenters. The molecule has 2 aromatic rings. The van der Waals surface area contributed by atoms with Crippen LogP contribution < -0.4 is 5.32 Å². The summed E-state index contributed by atoms with van der Waals surface area (Å²) in [6.45, 7) is 4.77. The number of hydrogen-bond donors (Lipinski definition) is 1. The van der Waals surface area contributed by atoms with Crippen molar-refractivity contribution in [3.05, 3.63) is 35.8 Å². The van der Waals surface area contributed by atoms with E-state index in [1.165, 1.54) is 0 Å². The smallest absolute Gasteiger partial charge is 0.274 e. The summed E-state index contributed by atoms with van der Waals surface area (Å²) in [5.74, 6) is -0.293. The second-order valence-corrected chi connectivity index (χ2v) is 7.81. The average molecular weight is 370 g/mol. The average Bonchev–Trinajstić information content (AvgIpc) is 3.31. The van der Waals surface area contributed by atoms with E-state index >= 15 is 0 Å². The lowest BCUT2D eigenvalue weighted by Crippen LogP contribution is -2.60. The van der Waals surface area contributed by atoms with Gasteiger partial charge in [-0.3, -0.25) is 9.59 Å². The van der Waals surface area contributed by atoms with E-state index in [9.17, 15) is 9.59 Å². The van der Waals surface area contributed by atoms with Crippen LogP contribution >= 0.6 is 0 Å². The summed E-state index contributed by atoms with van der Waals surface area (Å²) in [5, 5.41) is 3.10. The number of carbonyl (C=O) groups is 2. The van der Waals surface area contributed by atoms with Gasteiger partial charge in [-0.25, -0.2) is 4.98 Å². The molecule has 1 aliphatic heterocycles. The number of ether oxygens (including phenoxy) is 1. The van der Waals surface area contributed by atoms with Crippen LogP contribution in [0.2, 0.25) is 0 Å². The molecule has 0 spiro atoms. The highest BCUT2D eigenvalue weighted by molar-refractivity contribution is 5.94. The van der Waals surface area contributed by atoms with E-state index < -0.39 is 5.60 Å². The number of carbonyl (C=O) groups excluding carboxylic acids is 2. The number of imidazole rings is 1. The Hall–Kier alpha value is -2.41. The van der Waals surface area contributed by atoms with Gasteiger partial charge in [0, 0.05) is 25.0 Å². The first-order valence-electron chi connectivity index (χ1n) is 9.65. The third kappa shape index (κ3) is 3.43. The van der Waals surface area contributed by atoms with Gasteiger partial charge >= 0.3 is 0 Å². The predicted molar refractivity (Wildman–Crippen MR) is 101 cm³/mol. The first-order chi connectivity index (χ1) is 13.0. The van der Waals surface area contributed by atoms with Gasteiger partial charge < -0.3 is 19.4 Å². The van der Waals surface area contributed by atoms with Crippen molar-refractivity contribution in [2.45, 2.75) is 51.2 Å². The monoisotopic (exact) mass is 370 g/mol. The lowest BCUT2D eigenvalue weighted by Gasteiger charge is -2.39. The standard InChI is InChI=1S/C20H26N4O3/c1-14-6-5-9-23-12-16(22-17(14)23)18(25)24-10-11-27-20(2,13-24)19(26)21-15-7-3-4-8-15/h5-6,9,12,15H,3-4,7-8,10-11,13H2,1-2H3,(H,21,26)/t20-/m1/s1. The van der Waals surface area contributed by atoms with Crippen LogP contribution in [-0.2, 0) is 9.53 Å². The summed E-state index contributed by atoms with van der Waals surface area (Å²) < 4.78 is 7.66. The molecule has 7 nitrogen and oxygen atoms in total. The molecular weight excluding hydrogens is 344 g/mol. The largest absolute Gasteiger partial charge is 0.362 e. The van der Waals surface area contributed by atoms with Crippen LogP contribution in [0.25, 0.3) is 5.65 Å². The molecule has 0 radical (unpaired) electrons.